The number of rotatable bonds is 6. The van der Waals surface area contributed by atoms with Crippen LogP contribution in [0.4, 0.5) is 18.9 Å². The molecule has 1 fully saturated rings. The summed E-state index contributed by atoms with van der Waals surface area (Å²) >= 11 is 0. The van der Waals surface area contributed by atoms with Gasteiger partial charge >= 0.3 is 0 Å². The van der Waals surface area contributed by atoms with E-state index in [2.05, 4.69) is 5.32 Å². The Morgan fingerprint density at radius 3 is 2.09 bits per heavy atom. The van der Waals surface area contributed by atoms with Gasteiger partial charge in [-0.3, -0.25) is 9.69 Å². The van der Waals surface area contributed by atoms with Gasteiger partial charge in [0.25, 0.3) is 0 Å². The number of benzene rings is 3. The molecule has 1 N–H and O–H groups in total. The van der Waals surface area contributed by atoms with E-state index in [0.29, 0.717) is 11.8 Å². The van der Waals surface area contributed by atoms with E-state index in [9.17, 15) is 26.4 Å². The summed E-state index contributed by atoms with van der Waals surface area (Å²) in [6, 6.07) is 16.2. The number of halogens is 3. The van der Waals surface area contributed by atoms with Gasteiger partial charge in [-0.05, 0) is 48.0 Å². The second-order valence-corrected chi connectivity index (χ2v) is 9.76. The van der Waals surface area contributed by atoms with Gasteiger partial charge < -0.3 is 5.32 Å². The lowest BCUT2D eigenvalue weighted by molar-refractivity contribution is -0.122. The fraction of sp³-hybridized carbons (Fsp3) is 0.208. The molecule has 6 nitrogen and oxygen atoms in total. The Labute approximate surface area is 195 Å². The van der Waals surface area contributed by atoms with Crippen molar-refractivity contribution >= 4 is 21.6 Å². The Morgan fingerprint density at radius 1 is 0.824 bits per heavy atom. The first-order valence-electron chi connectivity index (χ1n) is 10.6. The van der Waals surface area contributed by atoms with E-state index in [1.165, 1.54) is 28.6 Å². The van der Waals surface area contributed by atoms with Crippen molar-refractivity contribution in [3.8, 4) is 0 Å². The summed E-state index contributed by atoms with van der Waals surface area (Å²) in [5.41, 5.74) is 1.16. The highest BCUT2D eigenvalue weighted by atomic mass is 32.2. The van der Waals surface area contributed by atoms with Crippen LogP contribution in [0.5, 0.6) is 0 Å². The van der Waals surface area contributed by atoms with Crippen LogP contribution in [0.1, 0.15) is 11.6 Å². The Hall–Kier alpha value is -3.21. The van der Waals surface area contributed by atoms with Gasteiger partial charge in [-0.2, -0.15) is 4.31 Å². The standard InChI is InChI=1S/C24H22F3N3O3S/c25-18-6-8-19(9-7-18)28-24(31)23(17-4-2-1-3-5-17)29-12-14-30(15-13-29)34(32,33)20-10-11-21(26)22(27)16-20/h1-11,16,23H,12-15H2,(H,28,31)/t23-/m1/s1. The molecule has 1 atom stereocenters. The highest BCUT2D eigenvalue weighted by Gasteiger charge is 2.34. The molecule has 1 aliphatic rings. The minimum atomic E-state index is -4.02. The van der Waals surface area contributed by atoms with E-state index < -0.39 is 33.5 Å². The fourth-order valence-corrected chi connectivity index (χ4v) is 5.33. The Morgan fingerprint density at radius 2 is 1.47 bits per heavy atom. The smallest absolute Gasteiger partial charge is 0.246 e. The van der Waals surface area contributed by atoms with Crippen LogP contribution in [-0.4, -0.2) is 49.7 Å². The molecule has 0 aromatic heterocycles. The molecular weight excluding hydrogens is 467 g/mol. The molecule has 1 heterocycles. The van der Waals surface area contributed by atoms with Crippen molar-refractivity contribution in [3.05, 3.63) is 95.8 Å². The monoisotopic (exact) mass is 489 g/mol. The zero-order chi connectivity index (χ0) is 24.3. The molecule has 1 saturated heterocycles. The molecule has 0 aliphatic carbocycles. The Bertz CT molecular complexity index is 1260. The third-order valence-electron chi connectivity index (χ3n) is 5.64. The number of nitrogens with one attached hydrogen (secondary N) is 1. The average molecular weight is 490 g/mol. The predicted molar refractivity (Wildman–Crippen MR) is 121 cm³/mol. The zero-order valence-electron chi connectivity index (χ0n) is 18.0. The van der Waals surface area contributed by atoms with Crippen LogP contribution in [0.15, 0.2) is 77.7 Å². The van der Waals surface area contributed by atoms with Gasteiger partial charge in [0.05, 0.1) is 4.90 Å². The van der Waals surface area contributed by atoms with Crippen LogP contribution in [-0.2, 0) is 14.8 Å². The maximum Gasteiger partial charge on any atom is 0.246 e. The minimum absolute atomic E-state index is 0.0640. The van der Waals surface area contributed by atoms with Crippen molar-refractivity contribution in [2.24, 2.45) is 0 Å². The van der Waals surface area contributed by atoms with E-state index in [1.807, 2.05) is 11.0 Å². The number of hydrogen-bond acceptors (Lipinski definition) is 4. The summed E-state index contributed by atoms with van der Waals surface area (Å²) < 4.78 is 67.1. The molecule has 0 unspecified atom stereocenters. The highest BCUT2D eigenvalue weighted by Crippen LogP contribution is 2.27. The van der Waals surface area contributed by atoms with Crippen molar-refractivity contribution in [1.29, 1.82) is 0 Å². The number of amides is 1. The lowest BCUT2D eigenvalue weighted by Gasteiger charge is -2.38. The van der Waals surface area contributed by atoms with Crippen molar-refractivity contribution in [2.75, 3.05) is 31.5 Å². The Kier molecular flexibility index (Phi) is 7.01. The molecule has 4 rings (SSSR count). The third kappa shape index (κ3) is 5.14. The molecule has 3 aromatic carbocycles. The molecule has 1 amide bonds. The second-order valence-electron chi connectivity index (χ2n) is 7.83. The van der Waals surface area contributed by atoms with E-state index in [4.69, 9.17) is 0 Å². The van der Waals surface area contributed by atoms with Crippen LogP contribution in [0.3, 0.4) is 0 Å². The van der Waals surface area contributed by atoms with Gasteiger partial charge in [0.15, 0.2) is 11.6 Å². The topological polar surface area (TPSA) is 69.7 Å². The molecule has 3 aromatic rings. The van der Waals surface area contributed by atoms with Crippen molar-refractivity contribution in [2.45, 2.75) is 10.9 Å². The molecule has 0 saturated carbocycles. The number of anilines is 1. The van der Waals surface area contributed by atoms with E-state index in [0.717, 1.165) is 17.7 Å². The molecule has 0 spiro atoms. The average Bonchev–Trinajstić information content (AvgIpc) is 2.83. The van der Waals surface area contributed by atoms with Crippen LogP contribution >= 0.6 is 0 Å². The summed E-state index contributed by atoms with van der Waals surface area (Å²) in [7, 11) is -4.02. The van der Waals surface area contributed by atoms with Crippen molar-refractivity contribution in [1.82, 2.24) is 9.21 Å². The molecule has 0 bridgehead atoms. The lowest BCUT2D eigenvalue weighted by Crippen LogP contribution is -2.51. The van der Waals surface area contributed by atoms with Crippen LogP contribution in [0.2, 0.25) is 0 Å². The Balaban J connectivity index is 1.52. The normalized spacial score (nSPS) is 16.2. The third-order valence-corrected chi connectivity index (χ3v) is 7.54. The molecule has 10 heteroatoms. The first-order valence-corrected chi connectivity index (χ1v) is 12.0. The number of nitrogens with zero attached hydrogens (tertiary/aromatic N) is 2. The summed E-state index contributed by atoms with van der Waals surface area (Å²) in [5, 5.41) is 2.79. The van der Waals surface area contributed by atoms with Gasteiger partial charge in [0.1, 0.15) is 11.9 Å². The zero-order valence-corrected chi connectivity index (χ0v) is 18.8. The van der Waals surface area contributed by atoms with Crippen LogP contribution in [0.25, 0.3) is 0 Å². The van der Waals surface area contributed by atoms with Gasteiger partial charge in [0.2, 0.25) is 15.9 Å². The van der Waals surface area contributed by atoms with E-state index in [-0.39, 0.29) is 37.0 Å². The SMILES string of the molecule is O=C(Nc1ccc(F)cc1)[C@@H](c1ccccc1)N1CCN(S(=O)(=O)c2ccc(F)c(F)c2)CC1. The lowest BCUT2D eigenvalue weighted by atomic mass is 10.0. The molecule has 178 valence electrons. The maximum absolute atomic E-state index is 13.6. The molecular formula is C24H22F3N3O3S. The summed E-state index contributed by atoms with van der Waals surface area (Å²) in [6.45, 7) is 0.599. The fourth-order valence-electron chi connectivity index (χ4n) is 3.90. The van der Waals surface area contributed by atoms with Crippen LogP contribution in [0, 0.1) is 17.5 Å². The number of piperazine rings is 1. The number of carbonyl (C=O) groups excluding carboxylic acids is 1. The highest BCUT2D eigenvalue weighted by molar-refractivity contribution is 7.89. The van der Waals surface area contributed by atoms with Gasteiger partial charge in [0, 0.05) is 31.9 Å². The molecule has 34 heavy (non-hydrogen) atoms. The number of carbonyl (C=O) groups is 1. The number of hydrogen-bond donors (Lipinski definition) is 1. The summed E-state index contributed by atoms with van der Waals surface area (Å²) in [5.74, 6) is -3.12. The summed E-state index contributed by atoms with van der Waals surface area (Å²) in [4.78, 5) is 14.7. The van der Waals surface area contributed by atoms with E-state index in [1.54, 1.807) is 24.3 Å². The minimum Gasteiger partial charge on any atom is -0.324 e. The van der Waals surface area contributed by atoms with Crippen molar-refractivity contribution < 1.29 is 26.4 Å². The largest absolute Gasteiger partial charge is 0.324 e. The molecule has 1 aliphatic heterocycles. The van der Waals surface area contributed by atoms with Crippen LogP contribution < -0.4 is 5.32 Å². The number of sulfonamides is 1. The second kappa shape index (κ2) is 9.96. The van der Waals surface area contributed by atoms with Gasteiger partial charge in [-0.1, -0.05) is 30.3 Å². The summed E-state index contributed by atoms with van der Waals surface area (Å²) in [6.07, 6.45) is 0. The molecule has 0 radical (unpaired) electrons. The van der Waals surface area contributed by atoms with Gasteiger partial charge in [-0.15, -0.1) is 0 Å². The predicted octanol–water partition coefficient (Wildman–Crippen LogP) is 3.79. The quantitative estimate of drug-likeness (QED) is 0.572. The first kappa shape index (κ1) is 23.9. The van der Waals surface area contributed by atoms with Crippen molar-refractivity contribution in [3.63, 3.8) is 0 Å². The first-order chi connectivity index (χ1) is 16.3. The van der Waals surface area contributed by atoms with E-state index >= 15 is 0 Å². The van der Waals surface area contributed by atoms with Gasteiger partial charge in [-0.25, -0.2) is 21.6 Å². The maximum atomic E-state index is 13.6.